The van der Waals surface area contributed by atoms with Crippen LogP contribution in [0.15, 0.2) is 23.6 Å². The molecule has 1 aromatic carbocycles. The highest BCUT2D eigenvalue weighted by Gasteiger charge is 2.25. The molecule has 128 valence electrons. The molecule has 2 aromatic heterocycles. The standard InChI is InChI=1S/C17H15N3O4S/c1-3-10-15(16(22)23)20-12(8-25-17(20)18-10)9-4-5-13-11(6-9)19(2)14(21)7-24-13/h4-6,8H,3,7H2,1-2H3,(H,22,23). The monoisotopic (exact) mass is 357 g/mol. The van der Waals surface area contributed by atoms with Crippen molar-refractivity contribution in [3.05, 3.63) is 35.0 Å². The molecule has 7 nitrogen and oxygen atoms in total. The van der Waals surface area contributed by atoms with Crippen LogP contribution in [0, 0.1) is 0 Å². The Hall–Kier alpha value is -2.87. The number of fused-ring (bicyclic) bond motifs is 2. The summed E-state index contributed by atoms with van der Waals surface area (Å²) in [6.45, 7) is 1.91. The van der Waals surface area contributed by atoms with Crippen LogP contribution >= 0.6 is 11.3 Å². The van der Waals surface area contributed by atoms with Gasteiger partial charge >= 0.3 is 5.97 Å². The minimum absolute atomic E-state index is 0.0239. The highest BCUT2D eigenvalue weighted by atomic mass is 32.1. The van der Waals surface area contributed by atoms with Gasteiger partial charge in [-0.15, -0.1) is 11.3 Å². The fraction of sp³-hybridized carbons (Fsp3) is 0.235. The summed E-state index contributed by atoms with van der Waals surface area (Å²) in [6, 6.07) is 5.50. The SMILES string of the molecule is CCc1nc2scc(-c3ccc4c(c3)N(C)C(=O)CO4)n2c1C(=O)O. The maximum absolute atomic E-state index is 11.9. The molecule has 0 saturated heterocycles. The van der Waals surface area contributed by atoms with Crippen molar-refractivity contribution in [1.82, 2.24) is 9.38 Å². The van der Waals surface area contributed by atoms with Gasteiger partial charge in [0.15, 0.2) is 17.3 Å². The van der Waals surface area contributed by atoms with Crippen LogP contribution < -0.4 is 9.64 Å². The molecule has 3 aromatic rings. The minimum atomic E-state index is -1.00. The molecule has 1 aliphatic heterocycles. The predicted octanol–water partition coefficient (Wildman–Crippen LogP) is 2.68. The van der Waals surface area contributed by atoms with Gasteiger partial charge in [-0.3, -0.25) is 9.20 Å². The number of rotatable bonds is 3. The van der Waals surface area contributed by atoms with Gasteiger partial charge in [0.1, 0.15) is 5.75 Å². The van der Waals surface area contributed by atoms with Gasteiger partial charge in [0.25, 0.3) is 5.91 Å². The van der Waals surface area contributed by atoms with Crippen molar-refractivity contribution >= 4 is 33.9 Å². The number of imidazole rings is 1. The number of nitrogens with zero attached hydrogens (tertiary/aromatic N) is 3. The van der Waals surface area contributed by atoms with Crippen LogP contribution in [0.4, 0.5) is 5.69 Å². The third-order valence-electron chi connectivity index (χ3n) is 4.31. The van der Waals surface area contributed by atoms with Crippen LogP contribution in [-0.2, 0) is 11.2 Å². The Balaban J connectivity index is 1.92. The van der Waals surface area contributed by atoms with Crippen LogP contribution in [0.3, 0.4) is 0 Å². The van der Waals surface area contributed by atoms with Crippen LogP contribution in [0.1, 0.15) is 23.1 Å². The zero-order valence-electron chi connectivity index (χ0n) is 13.6. The fourth-order valence-corrected chi connectivity index (χ4v) is 3.92. The Morgan fingerprint density at radius 2 is 2.24 bits per heavy atom. The van der Waals surface area contributed by atoms with Crippen molar-refractivity contribution in [2.24, 2.45) is 0 Å². The van der Waals surface area contributed by atoms with Gasteiger partial charge in [-0.05, 0) is 24.6 Å². The van der Waals surface area contributed by atoms with Crippen molar-refractivity contribution in [1.29, 1.82) is 0 Å². The first-order chi connectivity index (χ1) is 12.0. The van der Waals surface area contributed by atoms with Gasteiger partial charge in [0.2, 0.25) is 0 Å². The smallest absolute Gasteiger partial charge is 0.354 e. The molecule has 0 saturated carbocycles. The number of aromatic carboxylic acids is 1. The lowest BCUT2D eigenvalue weighted by atomic mass is 10.1. The third kappa shape index (κ3) is 2.29. The number of thiazole rings is 1. The van der Waals surface area contributed by atoms with E-state index in [1.807, 2.05) is 24.4 Å². The van der Waals surface area contributed by atoms with Crippen molar-refractivity contribution in [3.63, 3.8) is 0 Å². The molecule has 1 aliphatic rings. The Morgan fingerprint density at radius 1 is 1.44 bits per heavy atom. The lowest BCUT2D eigenvalue weighted by molar-refractivity contribution is -0.120. The van der Waals surface area contributed by atoms with Crippen LogP contribution in [0.25, 0.3) is 16.2 Å². The molecule has 0 fully saturated rings. The molecule has 0 radical (unpaired) electrons. The first-order valence-corrected chi connectivity index (χ1v) is 8.65. The molecule has 25 heavy (non-hydrogen) atoms. The summed E-state index contributed by atoms with van der Waals surface area (Å²) >= 11 is 1.39. The summed E-state index contributed by atoms with van der Waals surface area (Å²) in [6.07, 6.45) is 0.546. The minimum Gasteiger partial charge on any atom is -0.482 e. The molecule has 0 spiro atoms. The fourth-order valence-electron chi connectivity index (χ4n) is 3.00. The van der Waals surface area contributed by atoms with E-state index in [9.17, 15) is 14.7 Å². The molecule has 3 heterocycles. The zero-order valence-corrected chi connectivity index (χ0v) is 14.5. The summed E-state index contributed by atoms with van der Waals surface area (Å²) < 4.78 is 7.11. The van der Waals surface area contributed by atoms with Crippen molar-refractivity contribution in [3.8, 4) is 17.0 Å². The van der Waals surface area contributed by atoms with Crippen molar-refractivity contribution in [2.45, 2.75) is 13.3 Å². The number of carboxylic acid groups (broad SMARTS) is 1. The molecule has 4 rings (SSSR count). The van der Waals surface area contributed by atoms with Gasteiger partial charge in [-0.25, -0.2) is 9.78 Å². The molecule has 1 amide bonds. The number of benzene rings is 1. The van der Waals surface area contributed by atoms with Crippen molar-refractivity contribution < 1.29 is 19.4 Å². The first kappa shape index (κ1) is 15.6. The number of amides is 1. The molecular weight excluding hydrogens is 342 g/mol. The van der Waals surface area contributed by atoms with Crippen molar-refractivity contribution in [2.75, 3.05) is 18.6 Å². The van der Waals surface area contributed by atoms with E-state index in [1.54, 1.807) is 22.4 Å². The molecule has 1 N–H and O–H groups in total. The molecule has 0 bridgehead atoms. The second kappa shape index (κ2) is 5.59. The van der Waals surface area contributed by atoms with Gasteiger partial charge < -0.3 is 14.7 Å². The highest BCUT2D eigenvalue weighted by molar-refractivity contribution is 7.15. The summed E-state index contributed by atoms with van der Waals surface area (Å²) in [5, 5.41) is 11.5. The summed E-state index contributed by atoms with van der Waals surface area (Å²) in [5.41, 5.74) is 2.96. The predicted molar refractivity (Wildman–Crippen MR) is 93.7 cm³/mol. The van der Waals surface area contributed by atoms with E-state index in [0.717, 1.165) is 11.3 Å². The number of anilines is 1. The number of carbonyl (C=O) groups excluding carboxylic acids is 1. The molecule has 8 heteroatoms. The van der Waals surface area contributed by atoms with Crippen LogP contribution in [-0.4, -0.2) is 40.0 Å². The van der Waals surface area contributed by atoms with Gasteiger partial charge in [-0.1, -0.05) is 6.92 Å². The number of carbonyl (C=O) groups is 2. The Labute approximate surface area is 147 Å². The first-order valence-electron chi connectivity index (χ1n) is 7.77. The Kier molecular flexibility index (Phi) is 3.50. The van der Waals surface area contributed by atoms with Crippen LogP contribution in [0.5, 0.6) is 5.75 Å². The number of hydrogen-bond donors (Lipinski definition) is 1. The molecule has 0 atom stereocenters. The van der Waals surface area contributed by atoms with E-state index < -0.39 is 5.97 Å². The largest absolute Gasteiger partial charge is 0.482 e. The second-order valence-electron chi connectivity index (χ2n) is 5.73. The zero-order chi connectivity index (χ0) is 17.7. The van der Waals surface area contributed by atoms with Gasteiger partial charge in [0.05, 0.1) is 17.1 Å². The lowest BCUT2D eigenvalue weighted by Crippen LogP contribution is -2.35. The topological polar surface area (TPSA) is 84.1 Å². The molecular formula is C17H15N3O4S. The average Bonchev–Trinajstić information content (AvgIpc) is 3.16. The molecule has 0 aliphatic carbocycles. The number of ether oxygens (including phenoxy) is 1. The van der Waals surface area contributed by atoms with Gasteiger partial charge in [0, 0.05) is 18.0 Å². The quantitative estimate of drug-likeness (QED) is 0.779. The summed E-state index contributed by atoms with van der Waals surface area (Å²) in [7, 11) is 1.70. The van der Waals surface area contributed by atoms with E-state index in [2.05, 4.69) is 4.98 Å². The number of carboxylic acids is 1. The third-order valence-corrected chi connectivity index (χ3v) is 5.14. The Morgan fingerprint density at radius 3 is 2.96 bits per heavy atom. The normalized spacial score (nSPS) is 13.8. The summed E-state index contributed by atoms with van der Waals surface area (Å²) in [5.74, 6) is -0.490. The number of aryl methyl sites for hydroxylation is 1. The number of likely N-dealkylation sites (N-methyl/N-ethyl adjacent to an activating group) is 1. The summed E-state index contributed by atoms with van der Waals surface area (Å²) in [4.78, 5) is 30.2. The van der Waals surface area contributed by atoms with E-state index in [1.165, 1.54) is 11.3 Å². The van der Waals surface area contributed by atoms with Crippen LogP contribution in [0.2, 0.25) is 0 Å². The van der Waals surface area contributed by atoms with E-state index in [0.29, 0.717) is 28.5 Å². The average molecular weight is 357 g/mol. The maximum atomic E-state index is 11.9. The highest BCUT2D eigenvalue weighted by Crippen LogP contribution is 2.37. The van der Waals surface area contributed by atoms with E-state index in [-0.39, 0.29) is 18.2 Å². The lowest BCUT2D eigenvalue weighted by Gasteiger charge is -2.26. The number of hydrogen-bond acceptors (Lipinski definition) is 5. The molecule has 0 unspecified atom stereocenters. The number of aromatic nitrogens is 2. The van der Waals surface area contributed by atoms with E-state index in [4.69, 9.17) is 4.74 Å². The maximum Gasteiger partial charge on any atom is 0.354 e. The second-order valence-corrected chi connectivity index (χ2v) is 6.57. The van der Waals surface area contributed by atoms with E-state index >= 15 is 0 Å². The Bertz CT molecular complexity index is 1020. The van der Waals surface area contributed by atoms with Gasteiger partial charge in [-0.2, -0.15) is 0 Å².